The minimum atomic E-state index is -0.0190. The van der Waals surface area contributed by atoms with Crippen LogP contribution in [0.2, 0.25) is 0 Å². The first-order valence-electron chi connectivity index (χ1n) is 10.9. The molecule has 0 saturated carbocycles. The molecule has 0 aromatic heterocycles. The maximum atomic E-state index is 13.1. The molecule has 5 heteroatoms. The van der Waals surface area contributed by atoms with Gasteiger partial charge in [-0.3, -0.25) is 9.59 Å². The third kappa shape index (κ3) is 5.48. The molecule has 2 aromatic rings. The highest BCUT2D eigenvalue weighted by Crippen LogP contribution is 2.31. The number of anilines is 1. The Morgan fingerprint density at radius 2 is 1.57 bits per heavy atom. The molecular formula is C25H34N3O2+. The summed E-state index contributed by atoms with van der Waals surface area (Å²) in [7, 11) is 1.67. The first-order chi connectivity index (χ1) is 14.4. The lowest BCUT2D eigenvalue weighted by atomic mass is 9.92. The lowest BCUT2D eigenvalue weighted by Gasteiger charge is -2.36. The van der Waals surface area contributed by atoms with Crippen molar-refractivity contribution in [3.05, 3.63) is 65.2 Å². The summed E-state index contributed by atoms with van der Waals surface area (Å²) in [5.74, 6) is 0.458. The van der Waals surface area contributed by atoms with Crippen molar-refractivity contribution in [2.75, 3.05) is 38.5 Å². The summed E-state index contributed by atoms with van der Waals surface area (Å²) in [6.45, 7) is 6.35. The van der Waals surface area contributed by atoms with Crippen molar-refractivity contribution in [3.8, 4) is 0 Å². The highest BCUT2D eigenvalue weighted by Gasteiger charge is 2.36. The minimum absolute atomic E-state index is 0.00645. The fraction of sp³-hybridized carbons (Fsp3) is 0.440. The van der Waals surface area contributed by atoms with E-state index in [1.807, 2.05) is 38.1 Å². The second-order valence-corrected chi connectivity index (χ2v) is 8.63. The van der Waals surface area contributed by atoms with Crippen LogP contribution in [0.3, 0.4) is 0 Å². The maximum Gasteiger partial charge on any atom is 0.279 e. The van der Waals surface area contributed by atoms with E-state index in [2.05, 4.69) is 34.9 Å². The number of para-hydroxylation sites is 1. The molecule has 2 atom stereocenters. The Kier molecular flexibility index (Phi) is 7.27. The van der Waals surface area contributed by atoms with Crippen molar-refractivity contribution in [1.29, 1.82) is 0 Å². The number of benzene rings is 2. The molecule has 0 radical (unpaired) electrons. The fourth-order valence-electron chi connectivity index (χ4n) is 4.67. The zero-order chi connectivity index (χ0) is 21.6. The molecule has 5 nitrogen and oxygen atoms in total. The van der Waals surface area contributed by atoms with Crippen LogP contribution in [0.1, 0.15) is 41.9 Å². The molecule has 3 rings (SSSR count). The normalized spacial score (nSPS) is 21.5. The molecule has 0 aliphatic carbocycles. The SMILES string of the molecule is CNC(=O)C[N+]1(CC(=O)Nc2c(C)cccc2C)CCCC(c2ccccc2)CC1. The average molecular weight is 409 g/mol. The van der Waals surface area contributed by atoms with Gasteiger partial charge in [-0.15, -0.1) is 0 Å². The van der Waals surface area contributed by atoms with Crippen LogP contribution in [0.4, 0.5) is 5.69 Å². The third-order valence-corrected chi connectivity index (χ3v) is 6.39. The van der Waals surface area contributed by atoms with Crippen molar-refractivity contribution in [3.63, 3.8) is 0 Å². The summed E-state index contributed by atoms with van der Waals surface area (Å²) in [5.41, 5.74) is 4.36. The van der Waals surface area contributed by atoms with Gasteiger partial charge in [0.05, 0.1) is 13.1 Å². The lowest BCUT2D eigenvalue weighted by Crippen LogP contribution is -2.57. The molecule has 2 N–H and O–H groups in total. The Labute approximate surface area is 180 Å². The number of quaternary nitrogens is 1. The smallest absolute Gasteiger partial charge is 0.279 e. The standard InChI is InChI=1S/C25H33N3O2/c1-19-9-7-10-20(2)25(19)27-24(30)18-28(17-23(29)26-3)15-8-13-22(14-16-28)21-11-5-4-6-12-21/h4-7,9-12,22H,8,13-18H2,1-3H3,(H-,26,27,29,30)/p+1. The largest absolute Gasteiger partial charge is 0.354 e. The number of carbonyl (C=O) groups excluding carboxylic acids is 2. The molecule has 1 saturated heterocycles. The quantitative estimate of drug-likeness (QED) is 0.715. The summed E-state index contributed by atoms with van der Waals surface area (Å²) in [6.07, 6.45) is 3.08. The zero-order valence-corrected chi connectivity index (χ0v) is 18.4. The number of nitrogens with one attached hydrogen (secondary N) is 2. The first-order valence-corrected chi connectivity index (χ1v) is 10.9. The highest BCUT2D eigenvalue weighted by molar-refractivity contribution is 5.93. The lowest BCUT2D eigenvalue weighted by molar-refractivity contribution is -0.912. The molecule has 0 bridgehead atoms. The summed E-state index contributed by atoms with van der Waals surface area (Å²) >= 11 is 0. The number of nitrogens with zero attached hydrogens (tertiary/aromatic N) is 1. The predicted molar refractivity (Wildman–Crippen MR) is 121 cm³/mol. The Balaban J connectivity index is 1.76. The molecule has 160 valence electrons. The van der Waals surface area contributed by atoms with Gasteiger partial charge < -0.3 is 15.1 Å². The molecule has 1 aliphatic rings. The summed E-state index contributed by atoms with van der Waals surface area (Å²) in [5, 5.41) is 5.87. The monoisotopic (exact) mass is 408 g/mol. The number of amides is 2. The molecule has 0 spiro atoms. The number of rotatable bonds is 6. The van der Waals surface area contributed by atoms with Gasteiger partial charge in [-0.25, -0.2) is 0 Å². The fourth-order valence-corrected chi connectivity index (χ4v) is 4.67. The molecule has 1 heterocycles. The molecule has 2 unspecified atom stereocenters. The van der Waals surface area contributed by atoms with Crippen LogP contribution in [-0.4, -0.2) is 49.5 Å². The van der Waals surface area contributed by atoms with E-state index in [1.54, 1.807) is 7.05 Å². The van der Waals surface area contributed by atoms with Gasteiger partial charge >= 0.3 is 0 Å². The second-order valence-electron chi connectivity index (χ2n) is 8.63. The van der Waals surface area contributed by atoms with E-state index < -0.39 is 0 Å². The first kappa shape index (κ1) is 22.0. The van der Waals surface area contributed by atoms with E-state index in [9.17, 15) is 9.59 Å². The van der Waals surface area contributed by atoms with Crippen molar-refractivity contribution in [2.45, 2.75) is 39.0 Å². The number of likely N-dealkylation sites (N-methyl/N-ethyl adjacent to an activating group) is 1. The predicted octanol–water partition coefficient (Wildman–Crippen LogP) is 3.77. The molecule has 2 amide bonds. The number of aryl methyl sites for hydroxylation is 2. The van der Waals surface area contributed by atoms with Gasteiger partial charge in [-0.1, -0.05) is 48.5 Å². The van der Waals surface area contributed by atoms with E-state index in [1.165, 1.54) is 5.56 Å². The van der Waals surface area contributed by atoms with Gasteiger partial charge in [-0.2, -0.15) is 0 Å². The average Bonchev–Trinajstić information content (AvgIpc) is 2.94. The maximum absolute atomic E-state index is 13.1. The summed E-state index contributed by atoms with van der Waals surface area (Å²) < 4.78 is 0.514. The minimum Gasteiger partial charge on any atom is -0.354 e. The topological polar surface area (TPSA) is 58.2 Å². The van der Waals surface area contributed by atoms with Crippen LogP contribution in [0, 0.1) is 13.8 Å². The number of hydrogen-bond donors (Lipinski definition) is 2. The molecule has 30 heavy (non-hydrogen) atoms. The van der Waals surface area contributed by atoms with Gasteiger partial charge in [0.15, 0.2) is 13.1 Å². The van der Waals surface area contributed by atoms with E-state index in [0.29, 0.717) is 23.5 Å². The van der Waals surface area contributed by atoms with Gasteiger partial charge in [0.25, 0.3) is 11.8 Å². The van der Waals surface area contributed by atoms with Gasteiger partial charge in [0.2, 0.25) is 0 Å². The Morgan fingerprint density at radius 3 is 2.23 bits per heavy atom. The van der Waals surface area contributed by atoms with E-state index in [0.717, 1.165) is 49.2 Å². The number of carbonyl (C=O) groups is 2. The number of hydrogen-bond acceptors (Lipinski definition) is 2. The molecule has 1 aliphatic heterocycles. The van der Waals surface area contributed by atoms with Gasteiger partial charge in [0, 0.05) is 19.2 Å². The van der Waals surface area contributed by atoms with Crippen LogP contribution < -0.4 is 10.6 Å². The Bertz CT molecular complexity index is 861. The summed E-state index contributed by atoms with van der Waals surface area (Å²) in [4.78, 5) is 25.4. The van der Waals surface area contributed by atoms with Crippen molar-refractivity contribution in [2.24, 2.45) is 0 Å². The van der Waals surface area contributed by atoms with E-state index >= 15 is 0 Å². The van der Waals surface area contributed by atoms with Gasteiger partial charge in [0.1, 0.15) is 0 Å². The van der Waals surface area contributed by atoms with Crippen molar-refractivity contribution in [1.82, 2.24) is 5.32 Å². The number of likely N-dealkylation sites (tertiary alicyclic amines) is 1. The zero-order valence-electron chi connectivity index (χ0n) is 18.4. The van der Waals surface area contributed by atoms with Crippen LogP contribution in [0.15, 0.2) is 48.5 Å². The second kappa shape index (κ2) is 9.90. The summed E-state index contributed by atoms with van der Waals surface area (Å²) in [6, 6.07) is 16.6. The van der Waals surface area contributed by atoms with Crippen LogP contribution in [0.25, 0.3) is 0 Å². The van der Waals surface area contributed by atoms with Crippen LogP contribution in [0.5, 0.6) is 0 Å². The van der Waals surface area contributed by atoms with Gasteiger partial charge in [-0.05, 0) is 49.3 Å². The highest BCUT2D eigenvalue weighted by atomic mass is 16.2. The van der Waals surface area contributed by atoms with Crippen molar-refractivity contribution >= 4 is 17.5 Å². The Morgan fingerprint density at radius 1 is 0.900 bits per heavy atom. The van der Waals surface area contributed by atoms with Crippen LogP contribution in [-0.2, 0) is 9.59 Å². The van der Waals surface area contributed by atoms with E-state index in [-0.39, 0.29) is 11.8 Å². The van der Waals surface area contributed by atoms with E-state index in [4.69, 9.17) is 0 Å². The molecule has 1 fully saturated rings. The van der Waals surface area contributed by atoms with Crippen LogP contribution >= 0.6 is 0 Å². The Hall–Kier alpha value is -2.66. The molecular weight excluding hydrogens is 374 g/mol. The molecule has 2 aromatic carbocycles. The van der Waals surface area contributed by atoms with Crippen molar-refractivity contribution < 1.29 is 14.1 Å². The third-order valence-electron chi connectivity index (χ3n) is 6.39.